The summed E-state index contributed by atoms with van der Waals surface area (Å²) in [6.45, 7) is 7.99. The lowest BCUT2D eigenvalue weighted by Gasteiger charge is -2.18. The van der Waals surface area contributed by atoms with Gasteiger partial charge in [-0.1, -0.05) is 13.8 Å². The molecule has 2 N–H and O–H groups in total. The van der Waals surface area contributed by atoms with E-state index in [-0.39, 0.29) is 11.8 Å². The third kappa shape index (κ3) is 3.16. The maximum absolute atomic E-state index is 9.40. The van der Waals surface area contributed by atoms with Gasteiger partial charge in [0.25, 0.3) is 0 Å². The number of aromatic nitrogens is 1. The summed E-state index contributed by atoms with van der Waals surface area (Å²) in [6.07, 6.45) is 0.928. The van der Waals surface area contributed by atoms with Crippen LogP contribution in [0.5, 0.6) is 11.8 Å². The maximum atomic E-state index is 9.40. The fourth-order valence-corrected chi connectivity index (χ4v) is 1.67. The van der Waals surface area contributed by atoms with E-state index >= 15 is 0 Å². The van der Waals surface area contributed by atoms with Gasteiger partial charge in [0, 0.05) is 18.7 Å². The van der Waals surface area contributed by atoms with Crippen LogP contribution in [0.3, 0.4) is 0 Å². The SMILES string of the molecule is CCN(CC)CCCn1c(O)ccc1O. The van der Waals surface area contributed by atoms with Crippen LogP contribution >= 0.6 is 0 Å². The van der Waals surface area contributed by atoms with Gasteiger partial charge in [-0.25, -0.2) is 0 Å². The molecule has 0 spiro atoms. The first-order valence-electron chi connectivity index (χ1n) is 5.48. The Morgan fingerprint density at radius 1 is 1.13 bits per heavy atom. The first kappa shape index (κ1) is 11.9. The maximum Gasteiger partial charge on any atom is 0.193 e. The molecule has 0 saturated heterocycles. The lowest BCUT2D eigenvalue weighted by molar-refractivity contribution is 0.284. The van der Waals surface area contributed by atoms with Gasteiger partial charge < -0.3 is 15.1 Å². The van der Waals surface area contributed by atoms with Crippen molar-refractivity contribution in [2.24, 2.45) is 0 Å². The van der Waals surface area contributed by atoms with Crippen LogP contribution in [-0.2, 0) is 6.54 Å². The van der Waals surface area contributed by atoms with Crippen molar-refractivity contribution in [3.63, 3.8) is 0 Å². The summed E-state index contributed by atoms with van der Waals surface area (Å²) in [5.41, 5.74) is 0. The van der Waals surface area contributed by atoms with E-state index in [0.29, 0.717) is 6.54 Å². The lowest BCUT2D eigenvalue weighted by Crippen LogP contribution is -2.24. The molecule has 1 heterocycles. The van der Waals surface area contributed by atoms with Crippen molar-refractivity contribution in [3.05, 3.63) is 12.1 Å². The topological polar surface area (TPSA) is 48.6 Å². The Morgan fingerprint density at radius 2 is 1.67 bits per heavy atom. The Hall–Kier alpha value is -1.16. The molecule has 4 nitrogen and oxygen atoms in total. The molecule has 0 atom stereocenters. The van der Waals surface area contributed by atoms with Gasteiger partial charge in [0.2, 0.25) is 0 Å². The van der Waals surface area contributed by atoms with Crippen molar-refractivity contribution in [1.82, 2.24) is 9.47 Å². The van der Waals surface area contributed by atoms with Gasteiger partial charge >= 0.3 is 0 Å². The molecule has 0 radical (unpaired) electrons. The molecule has 1 rings (SSSR count). The zero-order valence-corrected chi connectivity index (χ0v) is 9.48. The lowest BCUT2D eigenvalue weighted by atomic mass is 10.3. The van der Waals surface area contributed by atoms with E-state index < -0.39 is 0 Å². The van der Waals surface area contributed by atoms with Crippen LogP contribution in [-0.4, -0.2) is 39.3 Å². The standard InChI is InChI=1S/C11H20N2O2/c1-3-12(4-2)8-5-9-13-10(14)6-7-11(13)15/h6-7,14-15H,3-5,8-9H2,1-2H3. The van der Waals surface area contributed by atoms with Gasteiger partial charge in [0.15, 0.2) is 11.8 Å². The molecule has 0 aliphatic carbocycles. The van der Waals surface area contributed by atoms with Gasteiger partial charge in [-0.15, -0.1) is 0 Å². The fraction of sp³-hybridized carbons (Fsp3) is 0.636. The Labute approximate surface area is 90.8 Å². The smallest absolute Gasteiger partial charge is 0.193 e. The van der Waals surface area contributed by atoms with Gasteiger partial charge in [-0.05, 0) is 26.1 Å². The molecule has 0 saturated carbocycles. The molecule has 0 fully saturated rings. The Morgan fingerprint density at radius 3 is 2.13 bits per heavy atom. The third-order valence-corrected chi connectivity index (χ3v) is 2.69. The molecule has 0 aliphatic heterocycles. The van der Waals surface area contributed by atoms with Crippen molar-refractivity contribution < 1.29 is 10.2 Å². The van der Waals surface area contributed by atoms with E-state index in [9.17, 15) is 10.2 Å². The molecule has 0 aliphatic rings. The Balaban J connectivity index is 2.37. The van der Waals surface area contributed by atoms with Gasteiger partial charge in [-0.3, -0.25) is 4.57 Å². The summed E-state index contributed by atoms with van der Waals surface area (Å²) < 4.78 is 1.52. The number of rotatable bonds is 6. The summed E-state index contributed by atoms with van der Waals surface area (Å²) in [5.74, 6) is 0.263. The average Bonchev–Trinajstić information content (AvgIpc) is 2.55. The largest absolute Gasteiger partial charge is 0.494 e. The molecular weight excluding hydrogens is 192 g/mol. The van der Waals surface area contributed by atoms with Crippen LogP contribution in [0.1, 0.15) is 20.3 Å². The van der Waals surface area contributed by atoms with Crippen LogP contribution in [0.4, 0.5) is 0 Å². The number of aromatic hydroxyl groups is 2. The van der Waals surface area contributed by atoms with Crippen molar-refractivity contribution in [2.75, 3.05) is 19.6 Å². The van der Waals surface area contributed by atoms with Crippen molar-refractivity contribution in [2.45, 2.75) is 26.8 Å². The van der Waals surface area contributed by atoms with Crippen LogP contribution in [0.15, 0.2) is 12.1 Å². The van der Waals surface area contributed by atoms with Crippen LogP contribution in [0.25, 0.3) is 0 Å². The van der Waals surface area contributed by atoms with Crippen molar-refractivity contribution >= 4 is 0 Å². The van der Waals surface area contributed by atoms with E-state index in [4.69, 9.17) is 0 Å². The van der Waals surface area contributed by atoms with E-state index in [1.165, 1.54) is 16.7 Å². The van der Waals surface area contributed by atoms with Gasteiger partial charge in [0.05, 0.1) is 0 Å². The highest BCUT2D eigenvalue weighted by Gasteiger charge is 2.05. The number of hydrogen-bond acceptors (Lipinski definition) is 3. The molecular formula is C11H20N2O2. The molecule has 4 heteroatoms. The molecule has 86 valence electrons. The highest BCUT2D eigenvalue weighted by Crippen LogP contribution is 2.20. The minimum Gasteiger partial charge on any atom is -0.494 e. The van der Waals surface area contributed by atoms with Gasteiger partial charge in [0.1, 0.15) is 0 Å². The normalized spacial score (nSPS) is 11.1. The number of nitrogens with zero attached hydrogens (tertiary/aromatic N) is 2. The van der Waals surface area contributed by atoms with Crippen LogP contribution < -0.4 is 0 Å². The van der Waals surface area contributed by atoms with E-state index in [1.54, 1.807) is 0 Å². The number of hydrogen-bond donors (Lipinski definition) is 2. The highest BCUT2D eigenvalue weighted by atomic mass is 16.3. The monoisotopic (exact) mass is 212 g/mol. The zero-order chi connectivity index (χ0) is 11.3. The minimum absolute atomic E-state index is 0.132. The second-order valence-electron chi connectivity index (χ2n) is 3.58. The second kappa shape index (κ2) is 5.66. The summed E-state index contributed by atoms with van der Waals surface area (Å²) in [4.78, 5) is 2.32. The Bertz CT molecular complexity index is 273. The van der Waals surface area contributed by atoms with Crippen molar-refractivity contribution in [1.29, 1.82) is 0 Å². The molecule has 1 aromatic heterocycles. The zero-order valence-electron chi connectivity index (χ0n) is 9.48. The summed E-state index contributed by atoms with van der Waals surface area (Å²) in [6, 6.07) is 3.01. The first-order chi connectivity index (χ1) is 7.19. The van der Waals surface area contributed by atoms with Crippen LogP contribution in [0.2, 0.25) is 0 Å². The molecule has 0 unspecified atom stereocenters. The summed E-state index contributed by atoms with van der Waals surface area (Å²) in [7, 11) is 0. The summed E-state index contributed by atoms with van der Waals surface area (Å²) >= 11 is 0. The summed E-state index contributed by atoms with van der Waals surface area (Å²) in [5, 5.41) is 18.8. The van der Waals surface area contributed by atoms with Crippen LogP contribution in [0, 0.1) is 0 Å². The van der Waals surface area contributed by atoms with E-state index in [1.807, 2.05) is 0 Å². The second-order valence-corrected chi connectivity index (χ2v) is 3.58. The van der Waals surface area contributed by atoms with Crippen molar-refractivity contribution in [3.8, 4) is 11.8 Å². The minimum atomic E-state index is 0.132. The quantitative estimate of drug-likeness (QED) is 0.753. The molecule has 15 heavy (non-hydrogen) atoms. The Kier molecular flexibility index (Phi) is 4.49. The average molecular weight is 212 g/mol. The fourth-order valence-electron chi connectivity index (χ4n) is 1.67. The van der Waals surface area contributed by atoms with E-state index in [2.05, 4.69) is 18.7 Å². The molecule has 0 amide bonds. The molecule has 1 aromatic rings. The van der Waals surface area contributed by atoms with Gasteiger partial charge in [-0.2, -0.15) is 0 Å². The first-order valence-corrected chi connectivity index (χ1v) is 5.48. The third-order valence-electron chi connectivity index (χ3n) is 2.69. The predicted molar refractivity (Wildman–Crippen MR) is 60.2 cm³/mol. The van der Waals surface area contributed by atoms with E-state index in [0.717, 1.165) is 26.1 Å². The molecule has 0 bridgehead atoms. The predicted octanol–water partition coefficient (Wildman–Crippen LogP) is 1.63. The highest BCUT2D eigenvalue weighted by molar-refractivity contribution is 5.23. The molecule has 0 aromatic carbocycles.